The van der Waals surface area contributed by atoms with Crippen LogP contribution in [0.2, 0.25) is 0 Å². The number of hydrogen-bond donors (Lipinski definition) is 1. The molecule has 1 atom stereocenters. The van der Waals surface area contributed by atoms with Crippen molar-refractivity contribution in [2.45, 2.75) is 39.2 Å². The number of nitrogens with one attached hydrogen (secondary N) is 1. The van der Waals surface area contributed by atoms with Gasteiger partial charge in [0.2, 0.25) is 0 Å². The first-order valence-electron chi connectivity index (χ1n) is 8.82. The van der Waals surface area contributed by atoms with Crippen LogP contribution in [0.3, 0.4) is 0 Å². The van der Waals surface area contributed by atoms with Crippen molar-refractivity contribution in [1.29, 1.82) is 0 Å². The average Bonchev–Trinajstić information content (AvgIpc) is 2.62. The zero-order valence-electron chi connectivity index (χ0n) is 14.7. The molecular weight excluding hydrogens is 308 g/mol. The third-order valence-corrected chi connectivity index (χ3v) is 4.72. The fourth-order valence-corrected chi connectivity index (χ4v) is 3.58. The quantitative estimate of drug-likeness (QED) is 0.760. The second-order valence-electron chi connectivity index (χ2n) is 6.66. The summed E-state index contributed by atoms with van der Waals surface area (Å²) >= 11 is 0. The lowest BCUT2D eigenvalue weighted by atomic mass is 9.88. The highest BCUT2D eigenvalue weighted by Gasteiger charge is 2.20. The Kier molecular flexibility index (Phi) is 4.18. The van der Waals surface area contributed by atoms with Gasteiger partial charge in [-0.15, -0.1) is 0 Å². The molecule has 0 fully saturated rings. The number of rotatable bonds is 3. The first-order chi connectivity index (χ1) is 12.2. The fraction of sp³-hybridized carbons (Fsp3) is 0.286. The molecule has 3 aromatic rings. The summed E-state index contributed by atoms with van der Waals surface area (Å²) in [6, 6.07) is 15.1. The predicted molar refractivity (Wildman–Crippen MR) is 100 cm³/mol. The molecule has 1 aliphatic carbocycles. The maximum absolute atomic E-state index is 4.61. The number of fused-ring (bicyclic) bond motifs is 1. The summed E-state index contributed by atoms with van der Waals surface area (Å²) in [6.45, 7) is 3.94. The average molecular weight is 330 g/mol. The molecule has 25 heavy (non-hydrogen) atoms. The zero-order valence-corrected chi connectivity index (χ0v) is 14.7. The van der Waals surface area contributed by atoms with Crippen molar-refractivity contribution < 1.29 is 0 Å². The van der Waals surface area contributed by atoms with E-state index in [1.807, 2.05) is 32.2 Å². The number of aryl methyl sites for hydroxylation is 3. The van der Waals surface area contributed by atoms with Gasteiger partial charge >= 0.3 is 0 Å². The number of nitrogens with zero attached hydrogens (tertiary/aromatic N) is 3. The van der Waals surface area contributed by atoms with Crippen LogP contribution < -0.4 is 5.32 Å². The number of aromatic nitrogens is 3. The summed E-state index contributed by atoms with van der Waals surface area (Å²) in [4.78, 5) is 13.5. The van der Waals surface area contributed by atoms with Crippen molar-refractivity contribution in [3.05, 3.63) is 71.3 Å². The molecule has 0 spiro atoms. The van der Waals surface area contributed by atoms with Crippen LogP contribution in [-0.2, 0) is 6.42 Å². The van der Waals surface area contributed by atoms with Crippen molar-refractivity contribution in [3.8, 4) is 11.3 Å². The molecule has 0 saturated carbocycles. The van der Waals surface area contributed by atoms with Gasteiger partial charge in [0.05, 0.1) is 11.7 Å². The van der Waals surface area contributed by atoms with E-state index in [0.29, 0.717) is 6.04 Å². The van der Waals surface area contributed by atoms with Crippen molar-refractivity contribution in [3.63, 3.8) is 0 Å². The minimum Gasteiger partial charge on any atom is -0.363 e. The van der Waals surface area contributed by atoms with Gasteiger partial charge in [-0.1, -0.05) is 24.3 Å². The summed E-state index contributed by atoms with van der Waals surface area (Å²) in [5.41, 5.74) is 5.84. The molecule has 4 nitrogen and oxygen atoms in total. The van der Waals surface area contributed by atoms with Gasteiger partial charge < -0.3 is 5.32 Å². The highest BCUT2D eigenvalue weighted by Crippen LogP contribution is 2.32. The molecule has 2 aromatic heterocycles. The van der Waals surface area contributed by atoms with Gasteiger partial charge in [-0.25, -0.2) is 9.97 Å². The van der Waals surface area contributed by atoms with E-state index in [4.69, 9.17) is 0 Å². The van der Waals surface area contributed by atoms with Crippen molar-refractivity contribution in [2.24, 2.45) is 0 Å². The van der Waals surface area contributed by atoms with Crippen molar-refractivity contribution in [2.75, 3.05) is 5.32 Å². The second-order valence-corrected chi connectivity index (χ2v) is 6.66. The highest BCUT2D eigenvalue weighted by atomic mass is 15.0. The van der Waals surface area contributed by atoms with Gasteiger partial charge in [0.15, 0.2) is 0 Å². The molecule has 2 heterocycles. The summed E-state index contributed by atoms with van der Waals surface area (Å²) in [5.74, 6) is 1.66. The molecule has 1 aromatic carbocycles. The predicted octanol–water partition coefficient (Wildman–Crippen LogP) is 4.64. The molecule has 0 aliphatic heterocycles. The van der Waals surface area contributed by atoms with E-state index in [1.54, 1.807) is 0 Å². The van der Waals surface area contributed by atoms with E-state index < -0.39 is 0 Å². The lowest BCUT2D eigenvalue weighted by Crippen LogP contribution is -2.18. The molecular formula is C21H22N4. The molecule has 0 saturated heterocycles. The molecule has 4 heteroatoms. The molecule has 1 unspecified atom stereocenters. The van der Waals surface area contributed by atoms with Gasteiger partial charge in [0.1, 0.15) is 11.6 Å². The normalized spacial score (nSPS) is 16.3. The van der Waals surface area contributed by atoms with Crippen LogP contribution in [0, 0.1) is 13.8 Å². The molecule has 4 rings (SSSR count). The minimum absolute atomic E-state index is 0.311. The summed E-state index contributed by atoms with van der Waals surface area (Å²) in [5, 5.41) is 3.64. The Balaban J connectivity index is 1.66. The van der Waals surface area contributed by atoms with Crippen LogP contribution in [0.25, 0.3) is 11.3 Å². The number of benzene rings is 1. The van der Waals surface area contributed by atoms with E-state index in [0.717, 1.165) is 35.0 Å². The Bertz CT molecular complexity index is 904. The topological polar surface area (TPSA) is 50.7 Å². The van der Waals surface area contributed by atoms with E-state index in [9.17, 15) is 0 Å². The first kappa shape index (κ1) is 15.8. The Morgan fingerprint density at radius 1 is 1.04 bits per heavy atom. The summed E-state index contributed by atoms with van der Waals surface area (Å²) in [7, 11) is 0. The first-order valence-corrected chi connectivity index (χ1v) is 8.82. The molecule has 0 bridgehead atoms. The van der Waals surface area contributed by atoms with E-state index in [1.165, 1.54) is 24.0 Å². The van der Waals surface area contributed by atoms with Crippen molar-refractivity contribution in [1.82, 2.24) is 15.0 Å². The SMILES string of the molecule is Cc1cc(-c2cc(NC3CCCc4ccccc43)nc(C)n2)ccn1. The summed E-state index contributed by atoms with van der Waals surface area (Å²) < 4.78 is 0. The fourth-order valence-electron chi connectivity index (χ4n) is 3.58. The van der Waals surface area contributed by atoms with Gasteiger partial charge in [-0.05, 0) is 56.4 Å². The molecule has 1 aliphatic rings. The van der Waals surface area contributed by atoms with Crippen LogP contribution in [0.1, 0.15) is 41.5 Å². The Labute approximate surface area is 148 Å². The van der Waals surface area contributed by atoms with Crippen LogP contribution >= 0.6 is 0 Å². The molecule has 0 radical (unpaired) electrons. The summed E-state index contributed by atoms with van der Waals surface area (Å²) in [6.07, 6.45) is 5.32. The van der Waals surface area contributed by atoms with Gasteiger partial charge in [-0.3, -0.25) is 4.98 Å². The van der Waals surface area contributed by atoms with E-state index >= 15 is 0 Å². The minimum atomic E-state index is 0.311. The van der Waals surface area contributed by atoms with Crippen LogP contribution in [-0.4, -0.2) is 15.0 Å². The van der Waals surface area contributed by atoms with Gasteiger partial charge in [0.25, 0.3) is 0 Å². The Hall–Kier alpha value is -2.75. The third kappa shape index (κ3) is 3.38. The second kappa shape index (κ2) is 6.63. The Morgan fingerprint density at radius 2 is 1.92 bits per heavy atom. The van der Waals surface area contributed by atoms with Crippen LogP contribution in [0.4, 0.5) is 5.82 Å². The number of hydrogen-bond acceptors (Lipinski definition) is 4. The maximum atomic E-state index is 4.61. The standard InChI is InChI=1S/C21H22N4/c1-14-12-17(10-11-22-14)20-13-21(24-15(2)23-20)25-19-9-5-7-16-6-3-4-8-18(16)19/h3-4,6,8,10-13,19H,5,7,9H2,1-2H3,(H,23,24,25). The van der Waals surface area contributed by atoms with E-state index in [-0.39, 0.29) is 0 Å². The molecule has 126 valence electrons. The smallest absolute Gasteiger partial charge is 0.130 e. The zero-order chi connectivity index (χ0) is 17.2. The van der Waals surface area contributed by atoms with E-state index in [2.05, 4.69) is 50.6 Å². The Morgan fingerprint density at radius 3 is 2.80 bits per heavy atom. The lowest BCUT2D eigenvalue weighted by Gasteiger charge is -2.27. The molecule has 0 amide bonds. The van der Waals surface area contributed by atoms with Crippen LogP contribution in [0.15, 0.2) is 48.7 Å². The van der Waals surface area contributed by atoms with Gasteiger partial charge in [-0.2, -0.15) is 0 Å². The maximum Gasteiger partial charge on any atom is 0.130 e. The third-order valence-electron chi connectivity index (χ3n) is 4.72. The highest BCUT2D eigenvalue weighted by molar-refractivity contribution is 5.63. The molecule has 1 N–H and O–H groups in total. The largest absolute Gasteiger partial charge is 0.363 e. The van der Waals surface area contributed by atoms with Crippen molar-refractivity contribution >= 4 is 5.82 Å². The van der Waals surface area contributed by atoms with Crippen LogP contribution in [0.5, 0.6) is 0 Å². The monoisotopic (exact) mass is 330 g/mol. The number of pyridine rings is 1. The lowest BCUT2D eigenvalue weighted by molar-refractivity contribution is 0.598. The number of anilines is 1. The van der Waals surface area contributed by atoms with Gasteiger partial charge in [0, 0.05) is 23.5 Å².